The van der Waals surface area contributed by atoms with Crippen LogP contribution >= 0.6 is 0 Å². The number of carbonyl (C=O) groups excluding carboxylic acids is 1. The highest BCUT2D eigenvalue weighted by molar-refractivity contribution is 7.90. The van der Waals surface area contributed by atoms with E-state index in [4.69, 9.17) is 4.42 Å². The lowest BCUT2D eigenvalue weighted by atomic mass is 10.2. The smallest absolute Gasteiger partial charge is 0.289 e. The second kappa shape index (κ2) is 8.91. The first-order valence-electron chi connectivity index (χ1n) is 9.21. The molecule has 0 bridgehead atoms. The summed E-state index contributed by atoms with van der Waals surface area (Å²) < 4.78 is 32.7. The zero-order valence-corrected chi connectivity index (χ0v) is 17.0. The molecule has 0 fully saturated rings. The fraction of sp³-hybridized carbons (Fsp3) is 0.238. The molecule has 8 heteroatoms. The fourth-order valence-corrected chi connectivity index (χ4v) is 4.53. The Labute approximate surface area is 170 Å². The van der Waals surface area contributed by atoms with Crippen LogP contribution in [0, 0.1) is 0 Å². The highest BCUT2D eigenvalue weighted by atomic mass is 32.2. The van der Waals surface area contributed by atoms with Gasteiger partial charge in [-0.1, -0.05) is 36.4 Å². The maximum absolute atomic E-state index is 13.0. The summed E-state index contributed by atoms with van der Waals surface area (Å²) in [4.78, 5) is 18.4. The molecule has 7 nitrogen and oxygen atoms in total. The maximum Gasteiger partial charge on any atom is 0.289 e. The number of allylic oxidation sites excluding steroid dienone is 1. The Morgan fingerprint density at radius 1 is 1.24 bits per heavy atom. The summed E-state index contributed by atoms with van der Waals surface area (Å²) in [5, 5.41) is -0.0299. The quantitative estimate of drug-likeness (QED) is 0.503. The largest absolute Gasteiger partial charge is 0.459 e. The topological polar surface area (TPSA) is 85.4 Å². The Kier molecular flexibility index (Phi) is 6.33. The van der Waals surface area contributed by atoms with Gasteiger partial charge in [0.1, 0.15) is 0 Å². The van der Waals surface area contributed by atoms with Crippen LogP contribution in [0.3, 0.4) is 0 Å². The van der Waals surface area contributed by atoms with E-state index in [1.807, 2.05) is 13.0 Å². The number of benzene rings is 1. The number of amides is 1. The van der Waals surface area contributed by atoms with E-state index in [1.54, 1.807) is 51.9 Å². The molecule has 2 heterocycles. The third kappa shape index (κ3) is 4.65. The van der Waals surface area contributed by atoms with E-state index >= 15 is 0 Å². The summed E-state index contributed by atoms with van der Waals surface area (Å²) in [5.41, 5.74) is 1.30. The number of rotatable bonds is 9. The van der Waals surface area contributed by atoms with Gasteiger partial charge in [-0.05, 0) is 24.6 Å². The average molecular weight is 413 g/mol. The number of hydrogen-bond acceptors (Lipinski definition) is 5. The van der Waals surface area contributed by atoms with Crippen molar-refractivity contribution in [2.75, 3.05) is 6.54 Å². The molecule has 0 unspecified atom stereocenters. The van der Waals surface area contributed by atoms with E-state index in [9.17, 15) is 13.2 Å². The van der Waals surface area contributed by atoms with Gasteiger partial charge in [0.15, 0.2) is 5.76 Å². The van der Waals surface area contributed by atoms with Gasteiger partial charge in [0.25, 0.3) is 5.91 Å². The molecule has 0 aliphatic carbocycles. The Morgan fingerprint density at radius 2 is 2.00 bits per heavy atom. The van der Waals surface area contributed by atoms with Gasteiger partial charge in [0.05, 0.1) is 30.5 Å². The van der Waals surface area contributed by atoms with E-state index in [2.05, 4.69) is 11.6 Å². The van der Waals surface area contributed by atoms with Crippen LogP contribution in [0.15, 0.2) is 77.2 Å². The van der Waals surface area contributed by atoms with E-state index < -0.39 is 9.84 Å². The molecule has 29 heavy (non-hydrogen) atoms. The third-order valence-electron chi connectivity index (χ3n) is 4.44. The van der Waals surface area contributed by atoms with Crippen molar-refractivity contribution >= 4 is 15.7 Å². The monoisotopic (exact) mass is 413 g/mol. The number of aromatic nitrogens is 2. The molecule has 0 N–H and O–H groups in total. The minimum absolute atomic E-state index is 0.0299. The molecule has 0 spiro atoms. The van der Waals surface area contributed by atoms with E-state index in [0.29, 0.717) is 17.8 Å². The first-order chi connectivity index (χ1) is 14.0. The molecule has 0 saturated heterocycles. The molecular formula is C21H23N3O4S. The van der Waals surface area contributed by atoms with Gasteiger partial charge in [0.2, 0.25) is 15.0 Å². The number of furan rings is 1. The van der Waals surface area contributed by atoms with Crippen LogP contribution in [0.4, 0.5) is 0 Å². The Balaban J connectivity index is 1.90. The van der Waals surface area contributed by atoms with Crippen molar-refractivity contribution in [3.05, 3.63) is 84.6 Å². The highest BCUT2D eigenvalue weighted by Crippen LogP contribution is 2.19. The lowest BCUT2D eigenvalue weighted by Gasteiger charge is -2.20. The summed E-state index contributed by atoms with van der Waals surface area (Å²) in [7, 11) is -3.67. The van der Waals surface area contributed by atoms with Crippen molar-refractivity contribution in [3.63, 3.8) is 0 Å². The normalized spacial score (nSPS) is 11.3. The summed E-state index contributed by atoms with van der Waals surface area (Å²) >= 11 is 0. The van der Waals surface area contributed by atoms with Crippen LogP contribution in [-0.2, 0) is 28.7 Å². The molecule has 3 aromatic rings. The summed E-state index contributed by atoms with van der Waals surface area (Å²) in [5.74, 6) is -0.180. The van der Waals surface area contributed by atoms with Crippen molar-refractivity contribution < 1.29 is 17.6 Å². The maximum atomic E-state index is 13.0. The van der Waals surface area contributed by atoms with E-state index in [0.717, 1.165) is 0 Å². The first kappa shape index (κ1) is 20.6. The molecule has 0 radical (unpaired) electrons. The van der Waals surface area contributed by atoms with Crippen LogP contribution in [0.2, 0.25) is 0 Å². The van der Waals surface area contributed by atoms with E-state index in [-0.39, 0.29) is 35.7 Å². The lowest BCUT2D eigenvalue weighted by Crippen LogP contribution is -2.31. The number of imidazole rings is 1. The summed E-state index contributed by atoms with van der Waals surface area (Å²) in [6.45, 7) is 6.48. The molecule has 0 aliphatic heterocycles. The van der Waals surface area contributed by atoms with Crippen LogP contribution in [-0.4, -0.2) is 35.3 Å². The Hall–Kier alpha value is -3.13. The predicted octanol–water partition coefficient (Wildman–Crippen LogP) is 3.30. The van der Waals surface area contributed by atoms with Gasteiger partial charge in [-0.25, -0.2) is 13.4 Å². The lowest BCUT2D eigenvalue weighted by molar-refractivity contribution is 0.0716. The molecule has 0 aliphatic rings. The molecule has 0 atom stereocenters. The molecule has 2 aromatic heterocycles. The number of sulfone groups is 1. The SMILES string of the molecule is C=CCn1c(CN(CC)C(=O)c2ccco2)cnc1S(=O)(=O)Cc1ccccc1. The third-order valence-corrected chi connectivity index (χ3v) is 6.04. The predicted molar refractivity (Wildman–Crippen MR) is 109 cm³/mol. The average Bonchev–Trinajstić information content (AvgIpc) is 3.37. The zero-order chi connectivity index (χ0) is 20.9. The summed E-state index contributed by atoms with van der Waals surface area (Å²) in [6.07, 6.45) is 4.55. The first-order valence-corrected chi connectivity index (χ1v) is 10.9. The van der Waals surface area contributed by atoms with Crippen LogP contribution in [0.1, 0.15) is 28.7 Å². The van der Waals surface area contributed by atoms with Gasteiger partial charge in [-0.2, -0.15) is 0 Å². The van der Waals surface area contributed by atoms with Crippen molar-refractivity contribution in [1.82, 2.24) is 14.5 Å². The van der Waals surface area contributed by atoms with Gasteiger partial charge in [0, 0.05) is 13.1 Å². The van der Waals surface area contributed by atoms with Gasteiger partial charge < -0.3 is 13.9 Å². The standard InChI is InChI=1S/C21H23N3O4S/c1-3-12-24-18(15-23(4-2)20(25)19-11-8-13-28-19)14-22-21(24)29(26,27)16-17-9-6-5-7-10-17/h3,5-11,13-14H,1,4,12,15-16H2,2H3. The summed E-state index contributed by atoms with van der Waals surface area (Å²) in [6, 6.07) is 12.2. The van der Waals surface area contributed by atoms with Crippen LogP contribution < -0.4 is 0 Å². The van der Waals surface area contributed by atoms with Gasteiger partial charge in [-0.3, -0.25) is 4.79 Å². The van der Waals surface area contributed by atoms with Crippen molar-refractivity contribution in [2.45, 2.75) is 30.9 Å². The number of hydrogen-bond donors (Lipinski definition) is 0. The molecule has 0 saturated carbocycles. The van der Waals surface area contributed by atoms with E-state index in [1.165, 1.54) is 12.5 Å². The zero-order valence-electron chi connectivity index (χ0n) is 16.2. The molecule has 3 rings (SSSR count). The van der Waals surface area contributed by atoms with Crippen LogP contribution in [0.5, 0.6) is 0 Å². The second-order valence-corrected chi connectivity index (χ2v) is 8.36. The Bertz CT molecular complexity index is 1070. The second-order valence-electron chi connectivity index (χ2n) is 6.47. The number of nitrogens with zero attached hydrogens (tertiary/aromatic N) is 3. The number of carbonyl (C=O) groups is 1. The van der Waals surface area contributed by atoms with Crippen molar-refractivity contribution in [2.24, 2.45) is 0 Å². The van der Waals surface area contributed by atoms with Gasteiger partial charge in [-0.15, -0.1) is 6.58 Å². The van der Waals surface area contributed by atoms with Crippen LogP contribution in [0.25, 0.3) is 0 Å². The van der Waals surface area contributed by atoms with Crippen molar-refractivity contribution in [1.29, 1.82) is 0 Å². The molecular weight excluding hydrogens is 390 g/mol. The molecule has 1 aromatic carbocycles. The van der Waals surface area contributed by atoms with Crippen molar-refractivity contribution in [3.8, 4) is 0 Å². The minimum atomic E-state index is -3.67. The minimum Gasteiger partial charge on any atom is -0.459 e. The molecule has 1 amide bonds. The highest BCUT2D eigenvalue weighted by Gasteiger charge is 2.25. The molecule has 152 valence electrons. The van der Waals surface area contributed by atoms with Gasteiger partial charge >= 0.3 is 0 Å². The Morgan fingerprint density at radius 3 is 2.62 bits per heavy atom. The fourth-order valence-electron chi connectivity index (χ4n) is 3.03.